The number of thiophene rings is 1. The average Bonchev–Trinajstić information content (AvgIpc) is 3.53. The number of ether oxygens (including phenoxy) is 2. The fourth-order valence-corrected chi connectivity index (χ4v) is 4.52. The van der Waals surface area contributed by atoms with Crippen LogP contribution in [-0.2, 0) is 22.7 Å². The Morgan fingerprint density at radius 1 is 1.06 bits per heavy atom. The number of esters is 1. The number of hydrogen-bond donors (Lipinski definition) is 0. The predicted octanol–water partition coefficient (Wildman–Crippen LogP) is 4.06. The normalized spacial score (nSPS) is 11.0. The summed E-state index contributed by atoms with van der Waals surface area (Å²) in [6, 6.07) is 20.9. The number of carbonyl (C=O) groups is 1. The molecule has 0 bridgehead atoms. The maximum absolute atomic E-state index is 12.9. The third kappa shape index (κ3) is 4.46. The maximum Gasteiger partial charge on any atom is 0.326 e. The van der Waals surface area contributed by atoms with Crippen LogP contribution in [-0.4, -0.2) is 32.4 Å². The molecule has 0 aliphatic heterocycles. The van der Waals surface area contributed by atoms with Gasteiger partial charge in [-0.25, -0.2) is 9.67 Å². The Morgan fingerprint density at radius 3 is 2.62 bits per heavy atom. The van der Waals surface area contributed by atoms with E-state index in [9.17, 15) is 9.59 Å². The van der Waals surface area contributed by atoms with Gasteiger partial charge in [0.2, 0.25) is 0 Å². The highest BCUT2D eigenvalue weighted by atomic mass is 32.1. The molecule has 0 saturated carbocycles. The van der Waals surface area contributed by atoms with Crippen LogP contribution in [0, 0.1) is 0 Å². The minimum absolute atomic E-state index is 0.0176. The lowest BCUT2D eigenvalue weighted by Gasteiger charge is -2.05. The number of benzene rings is 2. The molecule has 170 valence electrons. The van der Waals surface area contributed by atoms with Crippen molar-refractivity contribution in [1.29, 1.82) is 0 Å². The van der Waals surface area contributed by atoms with Gasteiger partial charge in [-0.05, 0) is 54.1 Å². The van der Waals surface area contributed by atoms with E-state index >= 15 is 0 Å². The zero-order valence-electron chi connectivity index (χ0n) is 18.2. The van der Waals surface area contributed by atoms with Crippen molar-refractivity contribution in [1.82, 2.24) is 19.3 Å². The smallest absolute Gasteiger partial charge is 0.326 e. The van der Waals surface area contributed by atoms with Gasteiger partial charge in [0.25, 0.3) is 5.56 Å². The Labute approximate surface area is 198 Å². The molecule has 0 aliphatic carbocycles. The summed E-state index contributed by atoms with van der Waals surface area (Å²) >= 11 is 1.34. The summed E-state index contributed by atoms with van der Waals surface area (Å²) in [7, 11) is 1.61. The highest BCUT2D eigenvalue weighted by Gasteiger charge is 2.14. The summed E-state index contributed by atoms with van der Waals surface area (Å²) < 4.78 is 14.0. The van der Waals surface area contributed by atoms with Gasteiger partial charge in [-0.3, -0.25) is 14.2 Å². The quantitative estimate of drug-likeness (QED) is 0.332. The molecule has 5 rings (SSSR count). The lowest BCUT2D eigenvalue weighted by molar-refractivity contribution is -0.145. The molecule has 9 heteroatoms. The van der Waals surface area contributed by atoms with Gasteiger partial charge in [0.1, 0.15) is 29.3 Å². The van der Waals surface area contributed by atoms with E-state index in [-0.39, 0.29) is 18.7 Å². The summed E-state index contributed by atoms with van der Waals surface area (Å²) in [6.45, 7) is -0.208. The molecule has 2 aromatic carbocycles. The molecule has 0 atom stereocenters. The molecule has 0 unspecified atom stereocenters. The Bertz CT molecular complexity index is 1500. The van der Waals surface area contributed by atoms with E-state index in [0.29, 0.717) is 15.9 Å². The third-order valence-corrected chi connectivity index (χ3v) is 6.39. The summed E-state index contributed by atoms with van der Waals surface area (Å²) in [5.41, 5.74) is 2.80. The number of nitrogens with zero attached hydrogens (tertiary/aromatic N) is 4. The van der Waals surface area contributed by atoms with Crippen LogP contribution in [0.25, 0.3) is 26.3 Å². The highest BCUT2D eigenvalue weighted by molar-refractivity contribution is 7.22. The lowest BCUT2D eigenvalue weighted by Crippen LogP contribution is -2.25. The van der Waals surface area contributed by atoms with E-state index in [2.05, 4.69) is 10.1 Å². The van der Waals surface area contributed by atoms with E-state index in [1.165, 1.54) is 22.2 Å². The van der Waals surface area contributed by atoms with E-state index in [4.69, 9.17) is 9.47 Å². The topological polar surface area (TPSA) is 88.2 Å². The molecule has 0 N–H and O–H groups in total. The Balaban J connectivity index is 1.27. The van der Waals surface area contributed by atoms with E-state index < -0.39 is 5.97 Å². The SMILES string of the molecule is COc1ccc(-c2cc3ncn(CC(=O)OCc4ccn(-c5ccccc5)n4)c(=O)c3s2)cc1. The summed E-state index contributed by atoms with van der Waals surface area (Å²) in [6.07, 6.45) is 3.18. The van der Waals surface area contributed by atoms with Gasteiger partial charge in [0.15, 0.2) is 0 Å². The molecule has 3 aromatic heterocycles. The molecule has 0 saturated heterocycles. The molecule has 34 heavy (non-hydrogen) atoms. The minimum atomic E-state index is -0.538. The summed E-state index contributed by atoms with van der Waals surface area (Å²) in [5.74, 6) is 0.222. The van der Waals surface area contributed by atoms with Gasteiger partial charge in [0, 0.05) is 11.1 Å². The van der Waals surface area contributed by atoms with Gasteiger partial charge < -0.3 is 9.47 Å². The summed E-state index contributed by atoms with van der Waals surface area (Å²) in [5, 5.41) is 4.41. The molecule has 0 fully saturated rings. The molecule has 8 nitrogen and oxygen atoms in total. The summed E-state index contributed by atoms with van der Waals surface area (Å²) in [4.78, 5) is 30.6. The molecule has 0 aliphatic rings. The number of para-hydroxylation sites is 1. The van der Waals surface area contributed by atoms with Crippen molar-refractivity contribution in [2.45, 2.75) is 13.2 Å². The Morgan fingerprint density at radius 2 is 1.85 bits per heavy atom. The molecule has 0 amide bonds. The second-order valence-electron chi connectivity index (χ2n) is 7.48. The maximum atomic E-state index is 12.9. The predicted molar refractivity (Wildman–Crippen MR) is 129 cm³/mol. The van der Waals surface area contributed by atoms with Crippen molar-refractivity contribution >= 4 is 27.5 Å². The van der Waals surface area contributed by atoms with Crippen LogP contribution >= 0.6 is 11.3 Å². The van der Waals surface area contributed by atoms with Crippen LogP contribution in [0.3, 0.4) is 0 Å². The number of carbonyl (C=O) groups excluding carboxylic acids is 1. The van der Waals surface area contributed by atoms with Gasteiger partial charge in [-0.15, -0.1) is 11.3 Å². The first kappa shape index (κ1) is 21.6. The first-order chi connectivity index (χ1) is 16.6. The van der Waals surface area contributed by atoms with Crippen molar-refractivity contribution < 1.29 is 14.3 Å². The minimum Gasteiger partial charge on any atom is -0.497 e. The number of hydrogen-bond acceptors (Lipinski definition) is 7. The fraction of sp³-hybridized carbons (Fsp3) is 0.120. The highest BCUT2D eigenvalue weighted by Crippen LogP contribution is 2.31. The van der Waals surface area contributed by atoms with Crippen LogP contribution in [0.2, 0.25) is 0 Å². The number of rotatable bonds is 7. The molecular weight excluding hydrogens is 452 g/mol. The second-order valence-corrected chi connectivity index (χ2v) is 8.53. The Hall–Kier alpha value is -4.24. The van der Waals surface area contributed by atoms with Crippen molar-refractivity contribution in [2.75, 3.05) is 7.11 Å². The average molecular weight is 473 g/mol. The van der Waals surface area contributed by atoms with Crippen LogP contribution in [0.5, 0.6) is 5.75 Å². The van der Waals surface area contributed by atoms with Gasteiger partial charge in [0.05, 0.1) is 24.6 Å². The van der Waals surface area contributed by atoms with Crippen molar-refractivity contribution in [3.63, 3.8) is 0 Å². The molecule has 3 heterocycles. The third-order valence-electron chi connectivity index (χ3n) is 5.22. The van der Waals surface area contributed by atoms with Gasteiger partial charge in [-0.1, -0.05) is 18.2 Å². The fourth-order valence-electron chi connectivity index (χ4n) is 3.46. The number of methoxy groups -OCH3 is 1. The van der Waals surface area contributed by atoms with Crippen LogP contribution < -0.4 is 10.3 Å². The molecule has 0 spiro atoms. The zero-order valence-corrected chi connectivity index (χ0v) is 19.1. The largest absolute Gasteiger partial charge is 0.497 e. The zero-order chi connectivity index (χ0) is 23.5. The number of fused-ring (bicyclic) bond motifs is 1. The van der Waals surface area contributed by atoms with Crippen LogP contribution in [0.15, 0.2) is 84.0 Å². The molecule has 5 aromatic rings. The lowest BCUT2D eigenvalue weighted by atomic mass is 10.2. The second kappa shape index (κ2) is 9.32. The Kier molecular flexibility index (Phi) is 5.92. The van der Waals surface area contributed by atoms with Crippen molar-refractivity contribution in [3.05, 3.63) is 95.3 Å². The monoisotopic (exact) mass is 472 g/mol. The van der Waals surface area contributed by atoms with Crippen LogP contribution in [0.1, 0.15) is 5.69 Å². The van der Waals surface area contributed by atoms with Crippen molar-refractivity contribution in [2.24, 2.45) is 0 Å². The number of aromatic nitrogens is 4. The van der Waals surface area contributed by atoms with E-state index in [0.717, 1.165) is 21.9 Å². The first-order valence-electron chi connectivity index (χ1n) is 10.5. The van der Waals surface area contributed by atoms with E-state index in [1.807, 2.05) is 60.7 Å². The first-order valence-corrected chi connectivity index (χ1v) is 11.3. The standard InChI is InChI=1S/C25H20N4O4S/c1-32-20-9-7-17(8-10-20)22-13-21-24(34-22)25(31)28(16-26-21)14-23(30)33-15-18-11-12-29(27-18)19-5-3-2-4-6-19/h2-13,16H,14-15H2,1H3. The molecular formula is C25H20N4O4S. The van der Waals surface area contributed by atoms with Gasteiger partial charge in [-0.2, -0.15) is 5.10 Å². The van der Waals surface area contributed by atoms with Crippen molar-refractivity contribution in [3.8, 4) is 21.9 Å². The van der Waals surface area contributed by atoms with Crippen LogP contribution in [0.4, 0.5) is 0 Å². The van der Waals surface area contributed by atoms with Gasteiger partial charge >= 0.3 is 5.97 Å². The molecule has 0 radical (unpaired) electrons. The van der Waals surface area contributed by atoms with E-state index in [1.54, 1.807) is 24.1 Å².